The Hall–Kier alpha value is -1.34. The van der Waals surface area contributed by atoms with Crippen molar-refractivity contribution in [1.82, 2.24) is 0 Å². The summed E-state index contributed by atoms with van der Waals surface area (Å²) in [5.74, 6) is -0.154. The third-order valence-electron chi connectivity index (χ3n) is 2.27. The van der Waals surface area contributed by atoms with Gasteiger partial charge < -0.3 is 0 Å². The van der Waals surface area contributed by atoms with Crippen LogP contribution in [-0.2, 0) is 9.84 Å². The molecule has 1 atom stereocenters. The molecule has 0 aliphatic rings. The van der Waals surface area contributed by atoms with Crippen LogP contribution in [0.1, 0.15) is 24.8 Å². The molecule has 0 aliphatic heterocycles. The first-order chi connectivity index (χ1) is 6.99. The molecule has 80 valence electrons. The molecule has 0 bridgehead atoms. The Bertz CT molecular complexity index is 468. The predicted molar refractivity (Wildman–Crippen MR) is 58.2 cm³/mol. The van der Waals surface area contributed by atoms with Gasteiger partial charge >= 0.3 is 0 Å². The van der Waals surface area contributed by atoms with Crippen LogP contribution in [0, 0.1) is 11.3 Å². The second-order valence-corrected chi connectivity index (χ2v) is 5.45. The van der Waals surface area contributed by atoms with Crippen LogP contribution in [0.15, 0.2) is 29.2 Å². The molecule has 0 amide bonds. The average Bonchev–Trinajstić information content (AvgIpc) is 2.19. The Morgan fingerprint density at radius 3 is 2.20 bits per heavy atom. The second kappa shape index (κ2) is 4.45. The highest BCUT2D eigenvalue weighted by Crippen LogP contribution is 2.20. The van der Waals surface area contributed by atoms with Gasteiger partial charge in [-0.05, 0) is 24.1 Å². The van der Waals surface area contributed by atoms with Crippen LogP contribution in [0.4, 0.5) is 0 Å². The lowest BCUT2D eigenvalue weighted by molar-refractivity contribution is 0.602. The summed E-state index contributed by atoms with van der Waals surface area (Å²) in [7, 11) is -3.14. The van der Waals surface area contributed by atoms with E-state index in [1.54, 1.807) is 24.3 Å². The predicted octanol–water partition coefficient (Wildman–Crippen LogP) is 2.11. The summed E-state index contributed by atoms with van der Waals surface area (Å²) in [5, 5.41) is 8.84. The van der Waals surface area contributed by atoms with E-state index in [0.717, 1.165) is 12.0 Å². The van der Waals surface area contributed by atoms with Crippen LogP contribution >= 0.6 is 0 Å². The summed E-state index contributed by atoms with van der Waals surface area (Å²) in [4.78, 5) is 0.291. The molecular weight excluding hydrogens is 210 g/mol. The lowest BCUT2D eigenvalue weighted by Crippen LogP contribution is -1.98. The van der Waals surface area contributed by atoms with Crippen LogP contribution in [0.25, 0.3) is 0 Å². The van der Waals surface area contributed by atoms with Crippen LogP contribution in [-0.4, -0.2) is 14.7 Å². The van der Waals surface area contributed by atoms with Crippen molar-refractivity contribution >= 4 is 9.84 Å². The Balaban J connectivity index is 3.06. The Kier molecular flexibility index (Phi) is 3.48. The second-order valence-electron chi connectivity index (χ2n) is 3.43. The van der Waals surface area contributed by atoms with Crippen LogP contribution in [0.3, 0.4) is 0 Å². The first kappa shape index (κ1) is 11.7. The van der Waals surface area contributed by atoms with Gasteiger partial charge in [0, 0.05) is 6.26 Å². The van der Waals surface area contributed by atoms with Crippen molar-refractivity contribution < 1.29 is 8.42 Å². The summed E-state index contributed by atoms with van der Waals surface area (Å²) < 4.78 is 22.4. The van der Waals surface area contributed by atoms with Crippen LogP contribution < -0.4 is 0 Å². The normalized spacial score (nSPS) is 13.1. The highest BCUT2D eigenvalue weighted by molar-refractivity contribution is 7.90. The fourth-order valence-electron chi connectivity index (χ4n) is 1.35. The first-order valence-corrected chi connectivity index (χ1v) is 6.57. The maximum Gasteiger partial charge on any atom is 0.175 e. The summed E-state index contributed by atoms with van der Waals surface area (Å²) in [5.41, 5.74) is 0.868. The molecule has 0 spiro atoms. The highest BCUT2D eigenvalue weighted by Gasteiger charge is 2.10. The van der Waals surface area contributed by atoms with E-state index in [9.17, 15) is 8.42 Å². The SMILES string of the molecule is CCC(C#N)c1ccc(S(C)(=O)=O)cc1. The smallest absolute Gasteiger partial charge is 0.175 e. The maximum absolute atomic E-state index is 11.2. The zero-order valence-electron chi connectivity index (χ0n) is 8.77. The zero-order chi connectivity index (χ0) is 11.5. The van der Waals surface area contributed by atoms with Gasteiger partial charge in [-0.25, -0.2) is 8.42 Å². The van der Waals surface area contributed by atoms with Crippen molar-refractivity contribution in [2.75, 3.05) is 6.26 Å². The molecule has 1 aromatic rings. The number of sulfone groups is 1. The summed E-state index contributed by atoms with van der Waals surface area (Å²) >= 11 is 0. The fourth-order valence-corrected chi connectivity index (χ4v) is 1.98. The molecular formula is C11H13NO2S. The monoisotopic (exact) mass is 223 g/mol. The molecule has 0 saturated carbocycles. The Labute approximate surface area is 90.3 Å². The molecule has 15 heavy (non-hydrogen) atoms. The zero-order valence-corrected chi connectivity index (χ0v) is 9.58. The van der Waals surface area contributed by atoms with Crippen molar-refractivity contribution in [2.45, 2.75) is 24.2 Å². The molecule has 0 heterocycles. The molecule has 0 saturated heterocycles. The van der Waals surface area contributed by atoms with Crippen molar-refractivity contribution in [3.63, 3.8) is 0 Å². The molecule has 1 unspecified atom stereocenters. The Morgan fingerprint density at radius 2 is 1.87 bits per heavy atom. The van der Waals surface area contributed by atoms with Crippen LogP contribution in [0.2, 0.25) is 0 Å². The summed E-state index contributed by atoms with van der Waals surface area (Å²) in [6, 6.07) is 8.67. The molecule has 0 fully saturated rings. The quantitative estimate of drug-likeness (QED) is 0.788. The number of hydrogen-bond donors (Lipinski definition) is 0. The van der Waals surface area contributed by atoms with Crippen molar-refractivity contribution in [1.29, 1.82) is 5.26 Å². The molecule has 0 aliphatic carbocycles. The van der Waals surface area contributed by atoms with E-state index < -0.39 is 9.84 Å². The van der Waals surface area contributed by atoms with E-state index in [4.69, 9.17) is 5.26 Å². The molecule has 1 rings (SSSR count). The topological polar surface area (TPSA) is 57.9 Å². The minimum absolute atomic E-state index is 0.154. The lowest BCUT2D eigenvalue weighted by atomic mass is 9.98. The summed E-state index contributed by atoms with van der Waals surface area (Å²) in [6.07, 6.45) is 1.90. The minimum atomic E-state index is -3.14. The van der Waals surface area contributed by atoms with E-state index in [0.29, 0.717) is 4.90 Å². The van der Waals surface area contributed by atoms with E-state index in [-0.39, 0.29) is 5.92 Å². The van der Waals surface area contributed by atoms with Gasteiger partial charge in [0.1, 0.15) is 0 Å². The van der Waals surface area contributed by atoms with Gasteiger partial charge in [0.05, 0.1) is 16.9 Å². The molecule has 1 aromatic carbocycles. The number of rotatable bonds is 3. The Morgan fingerprint density at radius 1 is 1.33 bits per heavy atom. The van der Waals surface area contributed by atoms with Crippen molar-refractivity contribution in [3.8, 4) is 6.07 Å². The number of benzene rings is 1. The number of hydrogen-bond acceptors (Lipinski definition) is 3. The van der Waals surface area contributed by atoms with Gasteiger partial charge in [-0.1, -0.05) is 19.1 Å². The molecule has 0 N–H and O–H groups in total. The van der Waals surface area contributed by atoms with Gasteiger partial charge in [-0.3, -0.25) is 0 Å². The standard InChI is InChI=1S/C11H13NO2S/c1-3-9(8-12)10-4-6-11(7-5-10)15(2,13)14/h4-7,9H,3H2,1-2H3. The average molecular weight is 223 g/mol. The van der Waals surface area contributed by atoms with E-state index in [1.165, 1.54) is 6.26 Å². The third-order valence-corrected chi connectivity index (χ3v) is 3.40. The van der Waals surface area contributed by atoms with Gasteiger partial charge in [0.2, 0.25) is 0 Å². The van der Waals surface area contributed by atoms with E-state index in [2.05, 4.69) is 6.07 Å². The van der Waals surface area contributed by atoms with Crippen molar-refractivity contribution in [2.24, 2.45) is 0 Å². The lowest BCUT2D eigenvalue weighted by Gasteiger charge is -2.06. The molecule has 0 aromatic heterocycles. The van der Waals surface area contributed by atoms with E-state index >= 15 is 0 Å². The minimum Gasteiger partial charge on any atom is -0.224 e. The van der Waals surface area contributed by atoms with Gasteiger partial charge in [0.25, 0.3) is 0 Å². The first-order valence-electron chi connectivity index (χ1n) is 4.68. The number of nitriles is 1. The summed E-state index contributed by atoms with van der Waals surface area (Å²) in [6.45, 7) is 1.93. The maximum atomic E-state index is 11.2. The highest BCUT2D eigenvalue weighted by atomic mass is 32.2. The third kappa shape index (κ3) is 2.80. The molecule has 3 nitrogen and oxygen atoms in total. The fraction of sp³-hybridized carbons (Fsp3) is 0.364. The van der Waals surface area contributed by atoms with Crippen molar-refractivity contribution in [3.05, 3.63) is 29.8 Å². The van der Waals surface area contributed by atoms with Gasteiger partial charge in [-0.2, -0.15) is 5.26 Å². The largest absolute Gasteiger partial charge is 0.224 e. The molecule has 4 heteroatoms. The molecule has 0 radical (unpaired) electrons. The van der Waals surface area contributed by atoms with E-state index in [1.807, 2.05) is 6.92 Å². The number of nitrogens with zero attached hydrogens (tertiary/aromatic N) is 1. The van der Waals surface area contributed by atoms with Crippen LogP contribution in [0.5, 0.6) is 0 Å². The van der Waals surface area contributed by atoms with Gasteiger partial charge in [0.15, 0.2) is 9.84 Å². The van der Waals surface area contributed by atoms with Gasteiger partial charge in [-0.15, -0.1) is 0 Å².